The predicted molar refractivity (Wildman–Crippen MR) is 87.4 cm³/mol. The third-order valence-corrected chi connectivity index (χ3v) is 4.30. The summed E-state index contributed by atoms with van der Waals surface area (Å²) < 4.78 is 5.32. The summed E-state index contributed by atoms with van der Waals surface area (Å²) in [6.45, 7) is 5.59. The monoisotopic (exact) mass is 319 g/mol. The zero-order valence-corrected chi connectivity index (χ0v) is 13.8. The van der Waals surface area contributed by atoms with Crippen molar-refractivity contribution in [3.63, 3.8) is 0 Å². The van der Waals surface area contributed by atoms with Crippen molar-refractivity contribution in [3.05, 3.63) is 35.4 Å². The van der Waals surface area contributed by atoms with Crippen LogP contribution in [0.5, 0.6) is 0 Å². The third-order valence-electron chi connectivity index (χ3n) is 4.30. The van der Waals surface area contributed by atoms with E-state index in [-0.39, 0.29) is 18.4 Å². The molecule has 1 N–H and O–H groups in total. The molecule has 2 rings (SSSR count). The van der Waals surface area contributed by atoms with Gasteiger partial charge in [-0.1, -0.05) is 31.2 Å². The highest BCUT2D eigenvalue weighted by Crippen LogP contribution is 2.36. The van der Waals surface area contributed by atoms with Gasteiger partial charge in [-0.05, 0) is 30.9 Å². The first kappa shape index (κ1) is 17.5. The Balaban J connectivity index is 2.00. The van der Waals surface area contributed by atoms with Gasteiger partial charge in [-0.2, -0.15) is 0 Å². The normalized spacial score (nSPS) is 17.0. The summed E-state index contributed by atoms with van der Waals surface area (Å²) in [5.41, 5.74) is 2.29. The van der Waals surface area contributed by atoms with Crippen LogP contribution in [0.1, 0.15) is 37.3 Å². The van der Waals surface area contributed by atoms with Gasteiger partial charge in [0.15, 0.2) is 0 Å². The molecule has 1 aliphatic carbocycles. The van der Waals surface area contributed by atoms with E-state index in [4.69, 9.17) is 9.84 Å². The Morgan fingerprint density at radius 1 is 1.39 bits per heavy atom. The summed E-state index contributed by atoms with van der Waals surface area (Å²) in [7, 11) is 0. The molecule has 0 spiro atoms. The summed E-state index contributed by atoms with van der Waals surface area (Å²) in [5.74, 6) is -1.53. The molecule has 23 heavy (non-hydrogen) atoms. The zero-order valence-electron chi connectivity index (χ0n) is 13.8. The average Bonchev–Trinajstić information content (AvgIpc) is 2.51. The molecule has 1 amide bonds. The molecular weight excluding hydrogens is 294 g/mol. The lowest BCUT2D eigenvalue weighted by Crippen LogP contribution is -2.43. The summed E-state index contributed by atoms with van der Waals surface area (Å²) in [4.78, 5) is 25.6. The van der Waals surface area contributed by atoms with E-state index in [9.17, 15) is 9.59 Å². The van der Waals surface area contributed by atoms with E-state index < -0.39 is 11.9 Å². The Bertz CT molecular complexity index is 558. The number of rotatable bonds is 9. The van der Waals surface area contributed by atoms with Gasteiger partial charge >= 0.3 is 5.97 Å². The fourth-order valence-electron chi connectivity index (χ4n) is 2.90. The SMILES string of the molecule is CCOCCCN(CC(C)C(=O)O)C(=O)C1Cc2ccccc21. The number of carbonyl (C=O) groups is 2. The fourth-order valence-corrected chi connectivity index (χ4v) is 2.90. The van der Waals surface area contributed by atoms with Crippen LogP contribution < -0.4 is 0 Å². The molecule has 1 aliphatic rings. The number of nitrogens with zero attached hydrogens (tertiary/aromatic N) is 1. The van der Waals surface area contributed by atoms with Gasteiger partial charge in [0.05, 0.1) is 11.8 Å². The van der Waals surface area contributed by atoms with Crippen LogP contribution >= 0.6 is 0 Å². The minimum Gasteiger partial charge on any atom is -0.481 e. The molecule has 0 bridgehead atoms. The van der Waals surface area contributed by atoms with Crippen LogP contribution in [0.3, 0.4) is 0 Å². The van der Waals surface area contributed by atoms with Gasteiger partial charge in [0.1, 0.15) is 0 Å². The van der Waals surface area contributed by atoms with Gasteiger partial charge in [0.2, 0.25) is 5.91 Å². The number of ether oxygens (including phenoxy) is 1. The van der Waals surface area contributed by atoms with Crippen LogP contribution in [0.2, 0.25) is 0 Å². The number of amides is 1. The van der Waals surface area contributed by atoms with Crippen LogP contribution in [-0.2, 0) is 20.7 Å². The quantitative estimate of drug-likeness (QED) is 0.709. The molecule has 0 aliphatic heterocycles. The number of fused-ring (bicyclic) bond motifs is 1. The Labute approximate surface area is 137 Å². The summed E-state index contributed by atoms with van der Waals surface area (Å²) in [6, 6.07) is 7.95. The van der Waals surface area contributed by atoms with E-state index >= 15 is 0 Å². The van der Waals surface area contributed by atoms with Gasteiger partial charge in [0.25, 0.3) is 0 Å². The van der Waals surface area contributed by atoms with Crippen LogP contribution in [0.4, 0.5) is 0 Å². The molecule has 5 heteroatoms. The van der Waals surface area contributed by atoms with Gasteiger partial charge in [-0.3, -0.25) is 9.59 Å². The number of carboxylic acids is 1. The van der Waals surface area contributed by atoms with E-state index in [0.29, 0.717) is 19.8 Å². The van der Waals surface area contributed by atoms with Gasteiger partial charge in [-0.25, -0.2) is 0 Å². The highest BCUT2D eigenvalue weighted by atomic mass is 16.5. The Morgan fingerprint density at radius 2 is 2.13 bits per heavy atom. The first-order valence-electron chi connectivity index (χ1n) is 8.21. The number of aliphatic carboxylic acids is 1. The minimum atomic E-state index is -0.874. The van der Waals surface area contributed by atoms with E-state index in [1.54, 1.807) is 11.8 Å². The maximum Gasteiger partial charge on any atom is 0.308 e. The van der Waals surface area contributed by atoms with Crippen molar-refractivity contribution in [1.29, 1.82) is 0 Å². The molecule has 0 saturated heterocycles. The molecule has 1 aromatic carbocycles. The first-order valence-corrected chi connectivity index (χ1v) is 8.21. The fraction of sp³-hybridized carbons (Fsp3) is 0.556. The van der Waals surface area contributed by atoms with Gasteiger partial charge in [-0.15, -0.1) is 0 Å². The molecule has 2 unspecified atom stereocenters. The lowest BCUT2D eigenvalue weighted by atomic mass is 9.76. The van der Waals surface area contributed by atoms with Crippen molar-refractivity contribution < 1.29 is 19.4 Å². The standard InChI is InChI=1S/C18H25NO4/c1-3-23-10-6-9-19(12-13(2)18(21)22)17(20)16-11-14-7-4-5-8-15(14)16/h4-5,7-8,13,16H,3,6,9-12H2,1-2H3,(H,21,22). The van der Waals surface area contributed by atoms with Crippen LogP contribution in [-0.4, -0.2) is 48.2 Å². The lowest BCUT2D eigenvalue weighted by Gasteiger charge is -2.34. The van der Waals surface area contributed by atoms with Gasteiger partial charge in [0, 0.05) is 26.3 Å². The number of carboxylic acid groups (broad SMARTS) is 1. The second-order valence-electron chi connectivity index (χ2n) is 6.03. The first-order chi connectivity index (χ1) is 11.0. The average molecular weight is 319 g/mol. The molecular formula is C18H25NO4. The molecule has 0 radical (unpaired) electrons. The Hall–Kier alpha value is -1.88. The maximum absolute atomic E-state index is 12.8. The van der Waals surface area contributed by atoms with E-state index in [1.807, 2.05) is 31.2 Å². The van der Waals surface area contributed by atoms with Crippen LogP contribution in [0, 0.1) is 5.92 Å². The molecule has 1 aromatic rings. The Kier molecular flexibility index (Phi) is 6.16. The molecule has 2 atom stereocenters. The summed E-state index contributed by atoms with van der Waals surface area (Å²) >= 11 is 0. The molecule has 0 aromatic heterocycles. The third kappa shape index (κ3) is 4.32. The maximum atomic E-state index is 12.8. The predicted octanol–water partition coefficient (Wildman–Crippen LogP) is 2.30. The number of benzene rings is 1. The summed E-state index contributed by atoms with van der Waals surface area (Å²) in [6.07, 6.45) is 1.47. The van der Waals surface area contributed by atoms with E-state index in [1.165, 1.54) is 5.56 Å². The van der Waals surface area contributed by atoms with Crippen molar-refractivity contribution in [1.82, 2.24) is 4.90 Å². The van der Waals surface area contributed by atoms with Crippen molar-refractivity contribution in [2.75, 3.05) is 26.3 Å². The highest BCUT2D eigenvalue weighted by molar-refractivity contribution is 5.87. The topological polar surface area (TPSA) is 66.8 Å². The second kappa shape index (κ2) is 8.11. The van der Waals surface area contributed by atoms with Crippen molar-refractivity contribution >= 4 is 11.9 Å². The number of hydrogen-bond donors (Lipinski definition) is 1. The molecule has 0 saturated carbocycles. The summed E-state index contributed by atoms with van der Waals surface area (Å²) in [5, 5.41) is 9.13. The smallest absolute Gasteiger partial charge is 0.308 e. The highest BCUT2D eigenvalue weighted by Gasteiger charge is 2.35. The van der Waals surface area contributed by atoms with Crippen LogP contribution in [0.15, 0.2) is 24.3 Å². The number of carbonyl (C=O) groups excluding carboxylic acids is 1. The zero-order chi connectivity index (χ0) is 16.8. The van der Waals surface area contributed by atoms with Crippen LogP contribution in [0.25, 0.3) is 0 Å². The molecule has 126 valence electrons. The van der Waals surface area contributed by atoms with Gasteiger partial charge < -0.3 is 14.7 Å². The lowest BCUT2D eigenvalue weighted by molar-refractivity contribution is -0.143. The Morgan fingerprint density at radius 3 is 2.78 bits per heavy atom. The molecule has 0 heterocycles. The van der Waals surface area contributed by atoms with Crippen molar-refractivity contribution in [2.24, 2.45) is 5.92 Å². The number of hydrogen-bond acceptors (Lipinski definition) is 3. The minimum absolute atomic E-state index is 0.0355. The van der Waals surface area contributed by atoms with Crippen molar-refractivity contribution in [2.45, 2.75) is 32.6 Å². The second-order valence-corrected chi connectivity index (χ2v) is 6.03. The van der Waals surface area contributed by atoms with E-state index in [2.05, 4.69) is 0 Å². The van der Waals surface area contributed by atoms with E-state index in [0.717, 1.165) is 18.4 Å². The molecule has 5 nitrogen and oxygen atoms in total. The van der Waals surface area contributed by atoms with Crippen molar-refractivity contribution in [3.8, 4) is 0 Å². The molecule has 0 fully saturated rings. The largest absolute Gasteiger partial charge is 0.481 e.